The van der Waals surface area contributed by atoms with Gasteiger partial charge in [-0.25, -0.2) is 8.42 Å². The van der Waals surface area contributed by atoms with Gasteiger partial charge in [-0.3, -0.25) is 4.79 Å². The molecule has 2 rings (SSSR count). The second-order valence-electron chi connectivity index (χ2n) is 5.40. The van der Waals surface area contributed by atoms with E-state index in [0.29, 0.717) is 12.1 Å². The first-order valence-electron chi connectivity index (χ1n) is 6.94. The number of carbonyl (C=O) groups excluding carboxylic acids is 1. The number of nitrogen functional groups attached to an aromatic ring is 1. The van der Waals surface area contributed by atoms with E-state index in [9.17, 15) is 13.2 Å². The van der Waals surface area contributed by atoms with Gasteiger partial charge in [0, 0.05) is 26.1 Å². The predicted molar refractivity (Wildman–Crippen MR) is 81.2 cm³/mol. The number of piperidine rings is 1. The van der Waals surface area contributed by atoms with Crippen LogP contribution in [-0.4, -0.2) is 37.8 Å². The summed E-state index contributed by atoms with van der Waals surface area (Å²) in [7, 11) is -3.64. The molecule has 0 saturated carbocycles. The molecular formula is C14H21N3O3S. The molecule has 0 spiro atoms. The van der Waals surface area contributed by atoms with Crippen molar-refractivity contribution < 1.29 is 13.2 Å². The van der Waals surface area contributed by atoms with E-state index in [1.165, 1.54) is 11.2 Å². The summed E-state index contributed by atoms with van der Waals surface area (Å²) in [5, 5.41) is 2.79. The topological polar surface area (TPSA) is 92.5 Å². The van der Waals surface area contributed by atoms with Crippen molar-refractivity contribution in [2.24, 2.45) is 0 Å². The van der Waals surface area contributed by atoms with Crippen LogP contribution in [0, 0.1) is 6.92 Å². The summed E-state index contributed by atoms with van der Waals surface area (Å²) in [6.07, 6.45) is 1.50. The van der Waals surface area contributed by atoms with E-state index in [0.717, 1.165) is 12.8 Å². The molecular weight excluding hydrogens is 290 g/mol. The first kappa shape index (κ1) is 15.8. The standard InChI is InChI=1S/C14H21N3O3S/c1-10-5-3-7-13(15)14(10)21(19,20)17-8-4-6-12(9-17)16-11(2)18/h3,5,7,12H,4,6,8-9,15H2,1-2H3,(H,16,18). The molecule has 116 valence electrons. The Morgan fingerprint density at radius 3 is 2.76 bits per heavy atom. The lowest BCUT2D eigenvalue weighted by atomic mass is 10.1. The molecule has 6 nitrogen and oxygen atoms in total. The van der Waals surface area contributed by atoms with Gasteiger partial charge in [-0.05, 0) is 31.4 Å². The van der Waals surface area contributed by atoms with E-state index in [-0.39, 0.29) is 29.1 Å². The largest absolute Gasteiger partial charge is 0.398 e. The van der Waals surface area contributed by atoms with Gasteiger partial charge in [0.05, 0.1) is 5.69 Å². The quantitative estimate of drug-likeness (QED) is 0.810. The third kappa shape index (κ3) is 3.36. The van der Waals surface area contributed by atoms with Gasteiger partial charge in [-0.2, -0.15) is 4.31 Å². The number of amides is 1. The van der Waals surface area contributed by atoms with Crippen LogP contribution in [0.25, 0.3) is 0 Å². The van der Waals surface area contributed by atoms with Gasteiger partial charge in [0.1, 0.15) is 4.90 Å². The highest BCUT2D eigenvalue weighted by molar-refractivity contribution is 7.89. The molecule has 1 aromatic rings. The number of carbonyl (C=O) groups is 1. The van der Waals surface area contributed by atoms with Crippen LogP contribution in [0.15, 0.2) is 23.1 Å². The van der Waals surface area contributed by atoms with Gasteiger partial charge < -0.3 is 11.1 Å². The second-order valence-corrected chi connectivity index (χ2v) is 7.27. The maximum Gasteiger partial charge on any atom is 0.245 e. The summed E-state index contributed by atoms with van der Waals surface area (Å²) in [5.41, 5.74) is 6.75. The number of aryl methyl sites for hydroxylation is 1. The van der Waals surface area contributed by atoms with E-state index in [2.05, 4.69) is 5.32 Å². The average molecular weight is 311 g/mol. The maximum atomic E-state index is 12.8. The van der Waals surface area contributed by atoms with Crippen LogP contribution in [0.3, 0.4) is 0 Å². The highest BCUT2D eigenvalue weighted by atomic mass is 32.2. The SMILES string of the molecule is CC(=O)NC1CCCN(S(=O)(=O)c2c(C)cccc2N)C1. The summed E-state index contributed by atoms with van der Waals surface area (Å²) in [4.78, 5) is 11.3. The van der Waals surface area contributed by atoms with Gasteiger partial charge >= 0.3 is 0 Å². The average Bonchev–Trinajstić information content (AvgIpc) is 2.37. The van der Waals surface area contributed by atoms with Crippen molar-refractivity contribution in [3.05, 3.63) is 23.8 Å². The normalized spacial score (nSPS) is 20.2. The lowest BCUT2D eigenvalue weighted by Crippen LogP contribution is -2.49. The zero-order valence-corrected chi connectivity index (χ0v) is 13.1. The number of nitrogens with one attached hydrogen (secondary N) is 1. The molecule has 21 heavy (non-hydrogen) atoms. The maximum absolute atomic E-state index is 12.8. The monoisotopic (exact) mass is 311 g/mol. The van der Waals surface area contributed by atoms with Gasteiger partial charge in [-0.15, -0.1) is 0 Å². The molecule has 1 unspecified atom stereocenters. The molecule has 3 N–H and O–H groups in total. The Labute approximate surface area is 125 Å². The number of rotatable bonds is 3. The molecule has 1 atom stereocenters. The van der Waals surface area contributed by atoms with E-state index < -0.39 is 10.0 Å². The Bertz CT molecular complexity index is 623. The second kappa shape index (κ2) is 6.03. The molecule has 1 fully saturated rings. The molecule has 0 bridgehead atoms. The molecule has 1 aliphatic heterocycles. The summed E-state index contributed by atoms with van der Waals surface area (Å²) in [5.74, 6) is -0.144. The molecule has 0 radical (unpaired) electrons. The van der Waals surface area contributed by atoms with Crippen molar-refractivity contribution in [1.82, 2.24) is 9.62 Å². The number of hydrogen-bond acceptors (Lipinski definition) is 4. The van der Waals surface area contributed by atoms with E-state index in [4.69, 9.17) is 5.73 Å². The fourth-order valence-corrected chi connectivity index (χ4v) is 4.57. The van der Waals surface area contributed by atoms with Crippen molar-refractivity contribution >= 4 is 21.6 Å². The third-order valence-corrected chi connectivity index (χ3v) is 5.72. The van der Waals surface area contributed by atoms with E-state index >= 15 is 0 Å². The number of benzene rings is 1. The zero-order valence-electron chi connectivity index (χ0n) is 12.3. The number of hydrogen-bond donors (Lipinski definition) is 2. The molecule has 1 aromatic carbocycles. The molecule has 1 heterocycles. The fourth-order valence-electron chi connectivity index (χ4n) is 2.72. The van der Waals surface area contributed by atoms with Gasteiger partial charge in [0.2, 0.25) is 15.9 Å². The van der Waals surface area contributed by atoms with Crippen LogP contribution in [0.4, 0.5) is 5.69 Å². The van der Waals surface area contributed by atoms with E-state index in [1.807, 2.05) is 0 Å². The van der Waals surface area contributed by atoms with Gasteiger partial charge in [0.15, 0.2) is 0 Å². The highest BCUT2D eigenvalue weighted by Gasteiger charge is 2.32. The van der Waals surface area contributed by atoms with E-state index in [1.54, 1.807) is 25.1 Å². The van der Waals surface area contributed by atoms with Crippen molar-refractivity contribution in [2.75, 3.05) is 18.8 Å². The molecule has 1 aliphatic rings. The van der Waals surface area contributed by atoms with Crippen molar-refractivity contribution in [1.29, 1.82) is 0 Å². The highest BCUT2D eigenvalue weighted by Crippen LogP contribution is 2.27. The fraction of sp³-hybridized carbons (Fsp3) is 0.500. The smallest absolute Gasteiger partial charge is 0.245 e. The third-order valence-electron chi connectivity index (χ3n) is 3.63. The van der Waals surface area contributed by atoms with Crippen LogP contribution < -0.4 is 11.1 Å². The Morgan fingerprint density at radius 1 is 1.43 bits per heavy atom. The summed E-state index contributed by atoms with van der Waals surface area (Å²) in [6, 6.07) is 4.92. The van der Waals surface area contributed by atoms with Crippen LogP contribution in [-0.2, 0) is 14.8 Å². The molecule has 1 amide bonds. The number of nitrogens with zero attached hydrogens (tertiary/aromatic N) is 1. The lowest BCUT2D eigenvalue weighted by molar-refractivity contribution is -0.119. The predicted octanol–water partition coefficient (Wildman–Crippen LogP) is 0.866. The van der Waals surface area contributed by atoms with Crippen LogP contribution in [0.2, 0.25) is 0 Å². The number of nitrogens with two attached hydrogens (primary N) is 1. The number of anilines is 1. The molecule has 0 aliphatic carbocycles. The summed E-state index contributed by atoms with van der Waals surface area (Å²) >= 11 is 0. The Morgan fingerprint density at radius 2 is 2.14 bits per heavy atom. The van der Waals surface area contributed by atoms with Crippen LogP contribution in [0.1, 0.15) is 25.3 Å². The van der Waals surface area contributed by atoms with Crippen molar-refractivity contribution in [3.63, 3.8) is 0 Å². The number of sulfonamides is 1. The summed E-state index contributed by atoms with van der Waals surface area (Å²) in [6.45, 7) is 3.91. The summed E-state index contributed by atoms with van der Waals surface area (Å²) < 4.78 is 27.0. The van der Waals surface area contributed by atoms with Crippen LogP contribution in [0.5, 0.6) is 0 Å². The molecule has 7 heteroatoms. The molecule has 1 saturated heterocycles. The molecule has 0 aromatic heterocycles. The first-order valence-corrected chi connectivity index (χ1v) is 8.38. The van der Waals surface area contributed by atoms with Crippen LogP contribution >= 0.6 is 0 Å². The minimum atomic E-state index is -3.64. The van der Waals surface area contributed by atoms with Crippen molar-refractivity contribution in [2.45, 2.75) is 37.6 Å². The first-order chi connectivity index (χ1) is 9.82. The van der Waals surface area contributed by atoms with Crippen molar-refractivity contribution in [3.8, 4) is 0 Å². The Hall–Kier alpha value is -1.60. The lowest BCUT2D eigenvalue weighted by Gasteiger charge is -2.32. The van der Waals surface area contributed by atoms with Gasteiger partial charge in [-0.1, -0.05) is 12.1 Å². The van der Waals surface area contributed by atoms with Gasteiger partial charge in [0.25, 0.3) is 0 Å². The minimum absolute atomic E-state index is 0.142. The zero-order chi connectivity index (χ0) is 15.6. The Balaban J connectivity index is 2.29. The minimum Gasteiger partial charge on any atom is -0.398 e. The Kier molecular flexibility index (Phi) is 4.53.